The summed E-state index contributed by atoms with van der Waals surface area (Å²) in [6.45, 7) is 12.1. The van der Waals surface area contributed by atoms with E-state index in [0.717, 1.165) is 32.7 Å². The van der Waals surface area contributed by atoms with Crippen molar-refractivity contribution in [1.29, 1.82) is 0 Å². The molecule has 0 heterocycles. The standard InChI is InChI=1S/C12H26N2O/c1-11(2)13-9-12(3)10-14(4)7-6-8-15-5/h11,13H,3,6-10H2,1-2,4-5H3. The lowest BCUT2D eigenvalue weighted by Crippen LogP contribution is -2.30. The SMILES string of the molecule is C=C(CNC(C)C)CN(C)CCCOC. The number of likely N-dealkylation sites (N-methyl/N-ethyl adjacent to an activating group) is 1. The van der Waals surface area contributed by atoms with Crippen LogP contribution in [0.15, 0.2) is 12.2 Å². The lowest BCUT2D eigenvalue weighted by atomic mass is 10.2. The molecular weight excluding hydrogens is 188 g/mol. The van der Waals surface area contributed by atoms with Crippen molar-refractivity contribution in [1.82, 2.24) is 10.2 Å². The molecule has 0 fully saturated rings. The molecule has 0 aliphatic carbocycles. The molecule has 0 saturated heterocycles. The van der Waals surface area contributed by atoms with E-state index in [1.165, 1.54) is 5.57 Å². The third-order valence-electron chi connectivity index (χ3n) is 2.14. The summed E-state index contributed by atoms with van der Waals surface area (Å²) in [5, 5.41) is 3.37. The fourth-order valence-corrected chi connectivity index (χ4v) is 1.34. The van der Waals surface area contributed by atoms with Crippen LogP contribution in [0.4, 0.5) is 0 Å². The van der Waals surface area contributed by atoms with Crippen molar-refractivity contribution >= 4 is 0 Å². The van der Waals surface area contributed by atoms with E-state index < -0.39 is 0 Å². The van der Waals surface area contributed by atoms with E-state index in [-0.39, 0.29) is 0 Å². The summed E-state index contributed by atoms with van der Waals surface area (Å²) in [5.41, 5.74) is 1.24. The molecule has 0 aliphatic rings. The monoisotopic (exact) mass is 214 g/mol. The van der Waals surface area contributed by atoms with Gasteiger partial charge in [-0.3, -0.25) is 0 Å². The maximum absolute atomic E-state index is 5.01. The van der Waals surface area contributed by atoms with Gasteiger partial charge in [-0.25, -0.2) is 0 Å². The Hall–Kier alpha value is -0.380. The highest BCUT2D eigenvalue weighted by Gasteiger charge is 2.01. The van der Waals surface area contributed by atoms with Gasteiger partial charge in [0.2, 0.25) is 0 Å². The molecule has 0 aromatic rings. The Morgan fingerprint density at radius 3 is 2.67 bits per heavy atom. The van der Waals surface area contributed by atoms with Crippen LogP contribution in [0.25, 0.3) is 0 Å². The van der Waals surface area contributed by atoms with Gasteiger partial charge in [-0.15, -0.1) is 0 Å². The molecule has 0 spiro atoms. The van der Waals surface area contributed by atoms with Crippen molar-refractivity contribution in [2.45, 2.75) is 26.3 Å². The Balaban J connectivity index is 3.49. The van der Waals surface area contributed by atoms with Crippen LogP contribution in [-0.2, 0) is 4.74 Å². The highest BCUT2D eigenvalue weighted by atomic mass is 16.5. The summed E-state index contributed by atoms with van der Waals surface area (Å²) in [5.74, 6) is 0. The minimum absolute atomic E-state index is 0.528. The summed E-state index contributed by atoms with van der Waals surface area (Å²) in [6, 6.07) is 0.528. The average Bonchev–Trinajstić information content (AvgIpc) is 2.15. The second kappa shape index (κ2) is 8.89. The molecule has 0 rings (SSSR count). The first-order chi connectivity index (χ1) is 7.06. The first-order valence-electron chi connectivity index (χ1n) is 5.63. The summed E-state index contributed by atoms with van der Waals surface area (Å²) in [6.07, 6.45) is 1.08. The summed E-state index contributed by atoms with van der Waals surface area (Å²) in [7, 11) is 3.86. The van der Waals surface area contributed by atoms with E-state index in [0.29, 0.717) is 6.04 Å². The zero-order valence-corrected chi connectivity index (χ0v) is 10.7. The van der Waals surface area contributed by atoms with Gasteiger partial charge in [0, 0.05) is 39.4 Å². The number of ether oxygens (including phenoxy) is 1. The van der Waals surface area contributed by atoms with Gasteiger partial charge in [0.25, 0.3) is 0 Å². The number of hydrogen-bond donors (Lipinski definition) is 1. The van der Waals surface area contributed by atoms with Crippen molar-refractivity contribution < 1.29 is 4.74 Å². The third-order valence-corrected chi connectivity index (χ3v) is 2.14. The minimum Gasteiger partial charge on any atom is -0.385 e. The molecule has 3 nitrogen and oxygen atoms in total. The molecule has 3 heteroatoms. The molecule has 0 aromatic heterocycles. The van der Waals surface area contributed by atoms with Crippen LogP contribution < -0.4 is 5.32 Å². The molecule has 0 saturated carbocycles. The van der Waals surface area contributed by atoms with Gasteiger partial charge in [-0.2, -0.15) is 0 Å². The van der Waals surface area contributed by atoms with Gasteiger partial charge < -0.3 is 15.0 Å². The molecule has 0 bridgehead atoms. The first kappa shape index (κ1) is 14.6. The molecule has 90 valence electrons. The number of methoxy groups -OCH3 is 1. The van der Waals surface area contributed by atoms with Crippen LogP contribution in [0.5, 0.6) is 0 Å². The van der Waals surface area contributed by atoms with E-state index >= 15 is 0 Å². The highest BCUT2D eigenvalue weighted by molar-refractivity contribution is 4.99. The summed E-state index contributed by atoms with van der Waals surface area (Å²) >= 11 is 0. The maximum atomic E-state index is 5.01. The zero-order chi connectivity index (χ0) is 11.7. The van der Waals surface area contributed by atoms with Gasteiger partial charge in [-0.05, 0) is 19.0 Å². The smallest absolute Gasteiger partial charge is 0.0474 e. The maximum Gasteiger partial charge on any atom is 0.0474 e. The van der Waals surface area contributed by atoms with Gasteiger partial charge >= 0.3 is 0 Å². The van der Waals surface area contributed by atoms with Gasteiger partial charge in [0.05, 0.1) is 0 Å². The number of hydrogen-bond acceptors (Lipinski definition) is 3. The lowest BCUT2D eigenvalue weighted by Gasteiger charge is -2.18. The zero-order valence-electron chi connectivity index (χ0n) is 10.7. The Morgan fingerprint density at radius 2 is 2.13 bits per heavy atom. The van der Waals surface area contributed by atoms with Crippen LogP contribution in [0.2, 0.25) is 0 Å². The Labute approximate surface area is 94.5 Å². The van der Waals surface area contributed by atoms with Crippen LogP contribution in [0, 0.1) is 0 Å². The van der Waals surface area contributed by atoms with E-state index in [9.17, 15) is 0 Å². The van der Waals surface area contributed by atoms with Crippen molar-refractivity contribution in [3.8, 4) is 0 Å². The Bertz CT molecular complexity index is 169. The van der Waals surface area contributed by atoms with Crippen molar-refractivity contribution in [3.63, 3.8) is 0 Å². The molecule has 15 heavy (non-hydrogen) atoms. The molecule has 0 radical (unpaired) electrons. The molecule has 0 unspecified atom stereocenters. The number of nitrogens with one attached hydrogen (secondary N) is 1. The molecule has 0 aromatic carbocycles. The minimum atomic E-state index is 0.528. The van der Waals surface area contributed by atoms with Crippen LogP contribution in [0.3, 0.4) is 0 Å². The van der Waals surface area contributed by atoms with Gasteiger partial charge in [0.15, 0.2) is 0 Å². The van der Waals surface area contributed by atoms with Crippen molar-refractivity contribution in [2.75, 3.05) is 40.4 Å². The second-order valence-electron chi connectivity index (χ2n) is 4.37. The quantitative estimate of drug-likeness (QED) is 0.465. The molecule has 0 atom stereocenters. The third kappa shape index (κ3) is 9.91. The fourth-order valence-electron chi connectivity index (χ4n) is 1.34. The van der Waals surface area contributed by atoms with E-state index in [2.05, 4.69) is 37.7 Å². The summed E-state index contributed by atoms with van der Waals surface area (Å²) < 4.78 is 5.01. The Kier molecular flexibility index (Phi) is 8.67. The predicted molar refractivity (Wildman–Crippen MR) is 66.3 cm³/mol. The van der Waals surface area contributed by atoms with Crippen LogP contribution >= 0.6 is 0 Å². The normalized spacial score (nSPS) is 11.3. The summed E-state index contributed by atoms with van der Waals surface area (Å²) in [4.78, 5) is 2.28. The van der Waals surface area contributed by atoms with Crippen LogP contribution in [0.1, 0.15) is 20.3 Å². The van der Waals surface area contributed by atoms with Crippen molar-refractivity contribution in [2.24, 2.45) is 0 Å². The van der Waals surface area contributed by atoms with Crippen LogP contribution in [-0.4, -0.2) is 51.3 Å². The number of nitrogens with zero attached hydrogens (tertiary/aromatic N) is 1. The molecule has 0 aliphatic heterocycles. The highest BCUT2D eigenvalue weighted by Crippen LogP contribution is 1.95. The van der Waals surface area contributed by atoms with Gasteiger partial charge in [-0.1, -0.05) is 20.4 Å². The number of rotatable bonds is 9. The molecule has 1 N–H and O–H groups in total. The molecular formula is C12H26N2O. The van der Waals surface area contributed by atoms with Gasteiger partial charge in [0.1, 0.15) is 0 Å². The largest absolute Gasteiger partial charge is 0.385 e. The Morgan fingerprint density at radius 1 is 1.47 bits per heavy atom. The molecule has 0 amide bonds. The predicted octanol–water partition coefficient (Wildman–Crippen LogP) is 1.51. The van der Waals surface area contributed by atoms with E-state index in [1.807, 2.05) is 0 Å². The fraction of sp³-hybridized carbons (Fsp3) is 0.833. The average molecular weight is 214 g/mol. The first-order valence-corrected chi connectivity index (χ1v) is 5.63. The van der Waals surface area contributed by atoms with E-state index in [1.54, 1.807) is 7.11 Å². The van der Waals surface area contributed by atoms with Crippen molar-refractivity contribution in [3.05, 3.63) is 12.2 Å². The second-order valence-corrected chi connectivity index (χ2v) is 4.37. The lowest BCUT2D eigenvalue weighted by molar-refractivity contribution is 0.181. The van der Waals surface area contributed by atoms with E-state index in [4.69, 9.17) is 4.74 Å². The topological polar surface area (TPSA) is 24.5 Å².